The van der Waals surface area contributed by atoms with E-state index in [9.17, 15) is 14.4 Å². The molecule has 7 nitrogen and oxygen atoms in total. The summed E-state index contributed by atoms with van der Waals surface area (Å²) in [4.78, 5) is 46.5. The minimum atomic E-state index is -0.373. The van der Waals surface area contributed by atoms with Crippen molar-refractivity contribution in [3.63, 3.8) is 0 Å². The molecule has 0 unspecified atom stereocenters. The summed E-state index contributed by atoms with van der Waals surface area (Å²) in [7, 11) is 1.50. The van der Waals surface area contributed by atoms with Gasteiger partial charge in [-0.15, -0.1) is 11.3 Å². The summed E-state index contributed by atoms with van der Waals surface area (Å²) < 4.78 is 5.25. The van der Waals surface area contributed by atoms with Crippen molar-refractivity contribution in [1.29, 1.82) is 0 Å². The zero-order chi connectivity index (χ0) is 23.7. The molecule has 0 saturated carbocycles. The van der Waals surface area contributed by atoms with Crippen LogP contribution in [0.2, 0.25) is 0 Å². The first-order valence-corrected chi connectivity index (χ1v) is 11.2. The lowest BCUT2D eigenvalue weighted by atomic mass is 10.1. The number of para-hydroxylation sites is 1. The van der Waals surface area contributed by atoms with Crippen molar-refractivity contribution in [3.8, 4) is 5.75 Å². The van der Waals surface area contributed by atoms with E-state index in [-0.39, 0.29) is 29.5 Å². The third-order valence-electron chi connectivity index (χ3n) is 5.42. The van der Waals surface area contributed by atoms with Crippen molar-refractivity contribution < 1.29 is 14.3 Å². The number of ketones is 1. The van der Waals surface area contributed by atoms with Gasteiger partial charge in [0.1, 0.15) is 16.4 Å². The topological polar surface area (TPSA) is 101 Å². The third kappa shape index (κ3) is 4.42. The average Bonchev–Trinajstić information content (AvgIpc) is 3.12. The van der Waals surface area contributed by atoms with Gasteiger partial charge < -0.3 is 15.0 Å². The number of rotatable bonds is 6. The Morgan fingerprint density at radius 2 is 1.88 bits per heavy atom. The van der Waals surface area contributed by atoms with Gasteiger partial charge in [0.05, 0.1) is 29.4 Å². The van der Waals surface area contributed by atoms with Gasteiger partial charge in [-0.05, 0) is 50.1 Å². The molecule has 33 heavy (non-hydrogen) atoms. The number of benzene rings is 2. The second-order valence-corrected chi connectivity index (χ2v) is 8.82. The zero-order valence-corrected chi connectivity index (χ0v) is 19.6. The van der Waals surface area contributed by atoms with E-state index < -0.39 is 0 Å². The first-order valence-electron chi connectivity index (χ1n) is 10.4. The number of Topliss-reactive ketones (excluding diaryl/α,β-unsaturated/α-hetero) is 1. The molecule has 0 aliphatic heterocycles. The van der Waals surface area contributed by atoms with Crippen LogP contribution in [0, 0.1) is 20.8 Å². The van der Waals surface area contributed by atoms with E-state index in [1.54, 1.807) is 31.2 Å². The van der Waals surface area contributed by atoms with Crippen molar-refractivity contribution in [2.45, 2.75) is 27.2 Å². The monoisotopic (exact) mass is 461 g/mol. The van der Waals surface area contributed by atoms with Crippen LogP contribution in [0.4, 0.5) is 5.69 Å². The molecule has 2 heterocycles. The minimum absolute atomic E-state index is 0.0907. The number of carbonyl (C=O) groups is 2. The molecule has 0 bridgehead atoms. The molecule has 8 heteroatoms. The lowest BCUT2D eigenvalue weighted by molar-refractivity contribution is 0.0986. The van der Waals surface area contributed by atoms with Crippen LogP contribution in [-0.2, 0) is 6.42 Å². The summed E-state index contributed by atoms with van der Waals surface area (Å²) in [6, 6.07) is 12.7. The van der Waals surface area contributed by atoms with Crippen LogP contribution in [-0.4, -0.2) is 28.8 Å². The molecule has 0 fully saturated rings. The minimum Gasteiger partial charge on any atom is -0.496 e. The molecule has 0 aliphatic rings. The Kier molecular flexibility index (Phi) is 6.11. The molecule has 168 valence electrons. The molecule has 2 aromatic carbocycles. The van der Waals surface area contributed by atoms with E-state index in [2.05, 4.69) is 15.3 Å². The fourth-order valence-electron chi connectivity index (χ4n) is 3.74. The second kappa shape index (κ2) is 8.99. The molecule has 2 aromatic heterocycles. The smallest absolute Gasteiger partial charge is 0.266 e. The Morgan fingerprint density at radius 1 is 1.12 bits per heavy atom. The summed E-state index contributed by atoms with van der Waals surface area (Å²) in [6.07, 6.45) is -0.0907. The lowest BCUT2D eigenvalue weighted by Gasteiger charge is -2.08. The normalized spacial score (nSPS) is 10.9. The number of amides is 1. The van der Waals surface area contributed by atoms with E-state index in [1.807, 2.05) is 32.0 Å². The van der Waals surface area contributed by atoms with Crippen molar-refractivity contribution in [2.24, 2.45) is 0 Å². The van der Waals surface area contributed by atoms with Crippen molar-refractivity contribution >= 4 is 38.9 Å². The van der Waals surface area contributed by atoms with Gasteiger partial charge in [0, 0.05) is 5.69 Å². The largest absolute Gasteiger partial charge is 0.496 e. The van der Waals surface area contributed by atoms with Gasteiger partial charge in [-0.2, -0.15) is 0 Å². The van der Waals surface area contributed by atoms with E-state index in [0.717, 1.165) is 22.5 Å². The Bertz CT molecular complexity index is 1450. The van der Waals surface area contributed by atoms with Crippen LogP contribution in [0.15, 0.2) is 47.3 Å². The number of aromatic amines is 1. The number of aromatic nitrogens is 2. The molecular formula is C25H23N3O4S. The average molecular weight is 462 g/mol. The number of methoxy groups -OCH3 is 1. The summed E-state index contributed by atoms with van der Waals surface area (Å²) in [5.41, 5.74) is 3.38. The molecule has 1 amide bonds. The van der Waals surface area contributed by atoms with E-state index in [1.165, 1.54) is 7.11 Å². The van der Waals surface area contributed by atoms with Crippen molar-refractivity contribution in [2.75, 3.05) is 12.4 Å². The first kappa shape index (κ1) is 22.4. The highest BCUT2D eigenvalue weighted by Crippen LogP contribution is 2.29. The highest BCUT2D eigenvalue weighted by molar-refractivity contribution is 7.20. The number of nitrogens with zero attached hydrogens (tertiary/aromatic N) is 1. The number of ether oxygens (including phenoxy) is 1. The lowest BCUT2D eigenvalue weighted by Crippen LogP contribution is -2.16. The Balaban J connectivity index is 1.65. The van der Waals surface area contributed by atoms with Gasteiger partial charge in [-0.25, -0.2) is 4.98 Å². The fourth-order valence-corrected chi connectivity index (χ4v) is 4.84. The number of fused-ring (bicyclic) bond motifs is 1. The van der Waals surface area contributed by atoms with Crippen LogP contribution >= 0.6 is 11.3 Å². The van der Waals surface area contributed by atoms with Crippen LogP contribution in [0.1, 0.15) is 42.5 Å². The number of thiophene rings is 1. The number of hydrogen-bond acceptors (Lipinski definition) is 6. The van der Waals surface area contributed by atoms with Gasteiger partial charge in [-0.1, -0.05) is 29.8 Å². The van der Waals surface area contributed by atoms with Crippen LogP contribution in [0.5, 0.6) is 5.75 Å². The summed E-state index contributed by atoms with van der Waals surface area (Å²) in [5, 5.41) is 3.28. The number of carbonyl (C=O) groups excluding carboxylic acids is 2. The quantitative estimate of drug-likeness (QED) is 0.409. The van der Waals surface area contributed by atoms with Gasteiger partial charge in [0.15, 0.2) is 5.78 Å². The van der Waals surface area contributed by atoms with Gasteiger partial charge in [0.25, 0.3) is 11.5 Å². The standard InChI is InChI=1S/C25H23N3O4S/c1-13-9-10-17(14(2)11-13)26-24(31)22-15(3)21-23(30)27-20(28-25(21)33-22)12-18(29)16-7-5-6-8-19(16)32-4/h5-11H,12H2,1-4H3,(H,26,31)(H,27,28,30). The third-order valence-corrected chi connectivity index (χ3v) is 6.61. The van der Waals surface area contributed by atoms with E-state index in [0.29, 0.717) is 37.7 Å². The van der Waals surface area contributed by atoms with Crippen LogP contribution < -0.4 is 15.6 Å². The molecule has 0 saturated heterocycles. The summed E-state index contributed by atoms with van der Waals surface area (Å²) in [6.45, 7) is 5.65. The number of hydrogen-bond donors (Lipinski definition) is 2. The maximum absolute atomic E-state index is 13.0. The summed E-state index contributed by atoms with van der Waals surface area (Å²) in [5.74, 6) is 0.179. The SMILES string of the molecule is COc1ccccc1C(=O)Cc1nc2sc(C(=O)Nc3ccc(C)cc3C)c(C)c2c(=O)[nH]1. The van der Waals surface area contributed by atoms with E-state index >= 15 is 0 Å². The predicted molar refractivity (Wildman–Crippen MR) is 130 cm³/mol. The molecule has 0 radical (unpaired) electrons. The molecule has 0 atom stereocenters. The number of aryl methyl sites for hydroxylation is 3. The Labute approximate surface area is 194 Å². The van der Waals surface area contributed by atoms with Crippen molar-refractivity contribution in [3.05, 3.63) is 85.8 Å². The Morgan fingerprint density at radius 3 is 2.61 bits per heavy atom. The predicted octanol–water partition coefficient (Wildman–Crippen LogP) is 4.60. The molecule has 2 N–H and O–H groups in total. The second-order valence-electron chi connectivity index (χ2n) is 7.82. The first-order chi connectivity index (χ1) is 15.8. The maximum atomic E-state index is 13.0. The van der Waals surface area contributed by atoms with Crippen LogP contribution in [0.3, 0.4) is 0 Å². The fraction of sp³-hybridized carbons (Fsp3) is 0.200. The summed E-state index contributed by atoms with van der Waals surface area (Å²) >= 11 is 1.14. The number of H-pyrrole nitrogens is 1. The number of nitrogens with one attached hydrogen (secondary N) is 2. The van der Waals surface area contributed by atoms with Gasteiger partial charge >= 0.3 is 0 Å². The number of anilines is 1. The molecule has 4 aromatic rings. The zero-order valence-electron chi connectivity index (χ0n) is 18.7. The Hall–Kier alpha value is -3.78. The maximum Gasteiger partial charge on any atom is 0.266 e. The van der Waals surface area contributed by atoms with Crippen LogP contribution in [0.25, 0.3) is 10.2 Å². The molecular weight excluding hydrogens is 438 g/mol. The molecule has 0 aliphatic carbocycles. The highest BCUT2D eigenvalue weighted by atomic mass is 32.1. The van der Waals surface area contributed by atoms with Gasteiger partial charge in [0.2, 0.25) is 0 Å². The molecule has 4 rings (SSSR count). The molecule has 0 spiro atoms. The van der Waals surface area contributed by atoms with Gasteiger partial charge in [-0.3, -0.25) is 14.4 Å². The van der Waals surface area contributed by atoms with Crippen molar-refractivity contribution in [1.82, 2.24) is 9.97 Å². The highest BCUT2D eigenvalue weighted by Gasteiger charge is 2.21. The van der Waals surface area contributed by atoms with E-state index in [4.69, 9.17) is 4.74 Å².